The van der Waals surface area contributed by atoms with E-state index in [0.29, 0.717) is 11.7 Å². The van der Waals surface area contributed by atoms with Crippen LogP contribution >= 0.6 is 0 Å². The molecule has 96 valence electrons. The van der Waals surface area contributed by atoms with Crippen molar-refractivity contribution in [3.8, 4) is 6.07 Å². The van der Waals surface area contributed by atoms with Crippen LogP contribution in [-0.4, -0.2) is 47.5 Å². The van der Waals surface area contributed by atoms with Crippen LogP contribution in [0.5, 0.6) is 0 Å². The predicted octanol–water partition coefficient (Wildman–Crippen LogP) is 1.48. The van der Waals surface area contributed by atoms with E-state index in [1.54, 1.807) is 6.20 Å². The van der Waals surface area contributed by atoms with Crippen LogP contribution in [0.3, 0.4) is 0 Å². The lowest BCUT2D eigenvalue weighted by molar-refractivity contribution is 0.0883. The summed E-state index contributed by atoms with van der Waals surface area (Å²) in [6.07, 6.45) is 2.91. The second-order valence-electron chi connectivity index (χ2n) is 4.94. The number of hydrogen-bond donors (Lipinski definition) is 0. The average Bonchev–Trinajstić information content (AvgIpc) is 2.41. The van der Waals surface area contributed by atoms with Crippen molar-refractivity contribution >= 4 is 0 Å². The second kappa shape index (κ2) is 5.94. The SMILES string of the molecule is CCC1CN(Cc2ccnc(C#N)c2)CCN1C. The molecule has 0 amide bonds. The van der Waals surface area contributed by atoms with Crippen molar-refractivity contribution in [2.75, 3.05) is 26.7 Å². The Morgan fingerprint density at radius 3 is 3.06 bits per heavy atom. The van der Waals surface area contributed by atoms with Gasteiger partial charge >= 0.3 is 0 Å². The van der Waals surface area contributed by atoms with Gasteiger partial charge in [0, 0.05) is 38.4 Å². The standard InChI is InChI=1S/C14H20N4/c1-3-14-11-18(7-6-17(14)2)10-12-4-5-16-13(8-12)9-15/h4-5,8,14H,3,6-7,10-11H2,1-2H3. The number of rotatable bonds is 3. The number of likely N-dealkylation sites (N-methyl/N-ethyl adjacent to an activating group) is 1. The molecule has 0 N–H and O–H groups in total. The molecule has 1 unspecified atom stereocenters. The van der Waals surface area contributed by atoms with Crippen LogP contribution in [0.25, 0.3) is 0 Å². The van der Waals surface area contributed by atoms with Gasteiger partial charge in [0.2, 0.25) is 0 Å². The summed E-state index contributed by atoms with van der Waals surface area (Å²) in [6.45, 7) is 6.48. The van der Waals surface area contributed by atoms with Crippen molar-refractivity contribution in [1.29, 1.82) is 5.26 Å². The zero-order chi connectivity index (χ0) is 13.0. The summed E-state index contributed by atoms with van der Waals surface area (Å²) in [5.41, 5.74) is 1.69. The van der Waals surface area contributed by atoms with Gasteiger partial charge in [0.15, 0.2) is 0 Å². The normalized spacial score (nSPS) is 21.7. The van der Waals surface area contributed by atoms with Gasteiger partial charge in [-0.2, -0.15) is 5.26 Å². The molecule has 1 aliphatic heterocycles. The largest absolute Gasteiger partial charge is 0.301 e. The minimum atomic E-state index is 0.508. The van der Waals surface area contributed by atoms with E-state index in [4.69, 9.17) is 5.26 Å². The fraction of sp³-hybridized carbons (Fsp3) is 0.571. The van der Waals surface area contributed by atoms with Gasteiger partial charge in [-0.3, -0.25) is 4.90 Å². The molecule has 2 heterocycles. The van der Waals surface area contributed by atoms with Crippen molar-refractivity contribution in [2.45, 2.75) is 25.9 Å². The summed E-state index contributed by atoms with van der Waals surface area (Å²) in [5.74, 6) is 0. The Balaban J connectivity index is 1.99. The van der Waals surface area contributed by atoms with Gasteiger partial charge in [-0.05, 0) is 31.2 Å². The molecule has 0 aromatic carbocycles. The van der Waals surface area contributed by atoms with Crippen LogP contribution in [0.2, 0.25) is 0 Å². The van der Waals surface area contributed by atoms with Gasteiger partial charge in [-0.1, -0.05) is 6.92 Å². The van der Waals surface area contributed by atoms with E-state index in [1.165, 1.54) is 12.0 Å². The summed E-state index contributed by atoms with van der Waals surface area (Å²) in [6, 6.07) is 6.63. The monoisotopic (exact) mass is 244 g/mol. The average molecular weight is 244 g/mol. The van der Waals surface area contributed by atoms with Crippen molar-refractivity contribution in [3.63, 3.8) is 0 Å². The highest BCUT2D eigenvalue weighted by atomic mass is 15.3. The lowest BCUT2D eigenvalue weighted by Crippen LogP contribution is -2.50. The second-order valence-corrected chi connectivity index (χ2v) is 4.94. The number of hydrogen-bond acceptors (Lipinski definition) is 4. The number of pyridine rings is 1. The molecule has 2 rings (SSSR count). The van der Waals surface area contributed by atoms with Crippen molar-refractivity contribution in [3.05, 3.63) is 29.6 Å². The van der Waals surface area contributed by atoms with Crippen LogP contribution in [-0.2, 0) is 6.54 Å². The first-order valence-corrected chi connectivity index (χ1v) is 6.50. The molecule has 0 aliphatic carbocycles. The maximum absolute atomic E-state index is 8.85. The third-order valence-electron chi connectivity index (χ3n) is 3.68. The highest BCUT2D eigenvalue weighted by Gasteiger charge is 2.22. The van der Waals surface area contributed by atoms with E-state index >= 15 is 0 Å². The van der Waals surface area contributed by atoms with Gasteiger partial charge in [0.05, 0.1) is 0 Å². The van der Waals surface area contributed by atoms with Gasteiger partial charge in [0.25, 0.3) is 0 Å². The first-order valence-electron chi connectivity index (χ1n) is 6.50. The summed E-state index contributed by atoms with van der Waals surface area (Å²) in [7, 11) is 2.20. The summed E-state index contributed by atoms with van der Waals surface area (Å²) in [4.78, 5) is 8.90. The number of piperazine rings is 1. The predicted molar refractivity (Wildman–Crippen MR) is 70.9 cm³/mol. The Hall–Kier alpha value is -1.44. The molecule has 1 atom stereocenters. The number of nitriles is 1. The minimum absolute atomic E-state index is 0.508. The molecular weight excluding hydrogens is 224 g/mol. The number of nitrogens with zero attached hydrogens (tertiary/aromatic N) is 4. The Morgan fingerprint density at radius 1 is 1.50 bits per heavy atom. The Kier molecular flexibility index (Phi) is 4.29. The maximum Gasteiger partial charge on any atom is 0.140 e. The molecule has 1 aromatic heterocycles. The van der Waals surface area contributed by atoms with E-state index in [2.05, 4.69) is 34.8 Å². The minimum Gasteiger partial charge on any atom is -0.301 e. The van der Waals surface area contributed by atoms with E-state index in [0.717, 1.165) is 26.2 Å². The zero-order valence-corrected chi connectivity index (χ0v) is 11.1. The third-order valence-corrected chi connectivity index (χ3v) is 3.68. The lowest BCUT2D eigenvalue weighted by Gasteiger charge is -2.39. The molecule has 4 heteroatoms. The van der Waals surface area contributed by atoms with Crippen molar-refractivity contribution in [1.82, 2.24) is 14.8 Å². The van der Waals surface area contributed by atoms with Crippen LogP contribution in [0, 0.1) is 11.3 Å². The summed E-state index contributed by atoms with van der Waals surface area (Å²) < 4.78 is 0. The van der Waals surface area contributed by atoms with E-state index in [1.807, 2.05) is 12.1 Å². The molecule has 1 aliphatic rings. The third kappa shape index (κ3) is 3.06. The van der Waals surface area contributed by atoms with Crippen LogP contribution in [0.15, 0.2) is 18.3 Å². The molecular formula is C14H20N4. The molecule has 0 bridgehead atoms. The first-order chi connectivity index (χ1) is 8.72. The smallest absolute Gasteiger partial charge is 0.140 e. The highest BCUT2D eigenvalue weighted by molar-refractivity contribution is 5.25. The van der Waals surface area contributed by atoms with Crippen LogP contribution in [0.4, 0.5) is 0 Å². The summed E-state index contributed by atoms with van der Waals surface area (Å²) >= 11 is 0. The van der Waals surface area contributed by atoms with Gasteiger partial charge in [-0.25, -0.2) is 4.98 Å². The molecule has 1 aromatic rings. The quantitative estimate of drug-likeness (QED) is 0.808. The number of aromatic nitrogens is 1. The Bertz CT molecular complexity index is 438. The molecule has 0 spiro atoms. The molecule has 1 saturated heterocycles. The van der Waals surface area contributed by atoms with E-state index in [9.17, 15) is 0 Å². The molecule has 4 nitrogen and oxygen atoms in total. The van der Waals surface area contributed by atoms with Crippen molar-refractivity contribution < 1.29 is 0 Å². The van der Waals surface area contributed by atoms with E-state index in [-0.39, 0.29) is 0 Å². The summed E-state index contributed by atoms with van der Waals surface area (Å²) in [5, 5.41) is 8.85. The molecule has 18 heavy (non-hydrogen) atoms. The maximum atomic E-state index is 8.85. The Morgan fingerprint density at radius 2 is 2.33 bits per heavy atom. The fourth-order valence-corrected chi connectivity index (χ4v) is 2.49. The van der Waals surface area contributed by atoms with Crippen LogP contribution in [0.1, 0.15) is 24.6 Å². The topological polar surface area (TPSA) is 43.2 Å². The fourth-order valence-electron chi connectivity index (χ4n) is 2.49. The first kappa shape index (κ1) is 13.0. The molecule has 0 radical (unpaired) electrons. The van der Waals surface area contributed by atoms with Gasteiger partial charge in [-0.15, -0.1) is 0 Å². The van der Waals surface area contributed by atoms with Gasteiger partial charge in [0.1, 0.15) is 11.8 Å². The molecule has 0 saturated carbocycles. The molecule has 1 fully saturated rings. The zero-order valence-electron chi connectivity index (χ0n) is 11.1. The van der Waals surface area contributed by atoms with Gasteiger partial charge < -0.3 is 4.90 Å². The lowest BCUT2D eigenvalue weighted by atomic mass is 10.1. The highest BCUT2D eigenvalue weighted by Crippen LogP contribution is 2.14. The van der Waals surface area contributed by atoms with E-state index < -0.39 is 0 Å². The van der Waals surface area contributed by atoms with Crippen LogP contribution < -0.4 is 0 Å². The van der Waals surface area contributed by atoms with Crippen molar-refractivity contribution in [2.24, 2.45) is 0 Å². The Labute approximate surface area is 109 Å².